The third-order valence-corrected chi connectivity index (χ3v) is 4.13. The molecule has 162 valence electrons. The maximum atomic E-state index is 11.5. The van der Waals surface area contributed by atoms with Crippen LogP contribution < -0.4 is 10.6 Å². The summed E-state index contributed by atoms with van der Waals surface area (Å²) in [6.07, 6.45) is 14.5. The van der Waals surface area contributed by atoms with Crippen LogP contribution in [0.3, 0.4) is 0 Å². The van der Waals surface area contributed by atoms with E-state index in [1.165, 1.54) is 0 Å². The summed E-state index contributed by atoms with van der Waals surface area (Å²) in [5.74, 6) is -1.33. The Morgan fingerprint density at radius 1 is 0.821 bits per heavy atom. The molecule has 2 amide bonds. The lowest BCUT2D eigenvalue weighted by molar-refractivity contribution is -0.144. The van der Waals surface area contributed by atoms with Crippen LogP contribution in [0.15, 0.2) is 12.2 Å². The number of allylic oxidation sites excluding steroid dienone is 2. The predicted octanol–water partition coefficient (Wildman–Crippen LogP) is 2.62. The molecule has 0 unspecified atom stereocenters. The second-order valence-electron chi connectivity index (χ2n) is 6.73. The van der Waals surface area contributed by atoms with E-state index in [9.17, 15) is 14.4 Å². The predicted molar refractivity (Wildman–Crippen MR) is 110 cm³/mol. The van der Waals surface area contributed by atoms with Crippen LogP contribution in [0.2, 0.25) is 0 Å². The van der Waals surface area contributed by atoms with Crippen LogP contribution in [0.5, 0.6) is 0 Å². The summed E-state index contributed by atoms with van der Waals surface area (Å²) in [6.45, 7) is 3.07. The zero-order valence-electron chi connectivity index (χ0n) is 17.3. The molecule has 0 aliphatic carbocycles. The summed E-state index contributed by atoms with van der Waals surface area (Å²) < 4.78 is 4.79. The number of hydrogen-bond donors (Lipinski definition) is 3. The number of ether oxygens (including phenoxy) is 1. The molecule has 0 aliphatic heterocycles. The van der Waals surface area contributed by atoms with Crippen molar-refractivity contribution in [3.63, 3.8) is 0 Å². The van der Waals surface area contributed by atoms with Gasteiger partial charge in [0, 0.05) is 19.5 Å². The monoisotopic (exact) mass is 398 g/mol. The molecule has 28 heavy (non-hydrogen) atoms. The maximum Gasteiger partial charge on any atom is 0.309 e. The third kappa shape index (κ3) is 17.5. The Balaban J connectivity index is 3.39. The molecule has 0 spiro atoms. The number of carbonyl (C=O) groups is 3. The molecule has 7 heteroatoms. The van der Waals surface area contributed by atoms with Gasteiger partial charge in [0.1, 0.15) is 6.61 Å². The summed E-state index contributed by atoms with van der Waals surface area (Å²) >= 11 is 0. The van der Waals surface area contributed by atoms with E-state index in [-0.39, 0.29) is 19.2 Å². The highest BCUT2D eigenvalue weighted by atomic mass is 16.5. The second kappa shape index (κ2) is 19.9. The van der Waals surface area contributed by atoms with E-state index in [2.05, 4.69) is 22.8 Å². The first-order chi connectivity index (χ1) is 13.6. The van der Waals surface area contributed by atoms with Crippen molar-refractivity contribution in [2.45, 2.75) is 77.6 Å². The van der Waals surface area contributed by atoms with Gasteiger partial charge in [-0.3, -0.25) is 14.4 Å². The van der Waals surface area contributed by atoms with Gasteiger partial charge in [-0.1, -0.05) is 38.3 Å². The molecule has 7 nitrogen and oxygen atoms in total. The van der Waals surface area contributed by atoms with Crippen LogP contribution in [0.1, 0.15) is 77.6 Å². The van der Waals surface area contributed by atoms with Crippen LogP contribution in [-0.4, -0.2) is 49.2 Å². The molecule has 0 aromatic heterocycles. The van der Waals surface area contributed by atoms with E-state index in [1.54, 1.807) is 0 Å². The molecule has 0 radical (unpaired) electrons. The molecule has 0 saturated heterocycles. The fourth-order valence-corrected chi connectivity index (χ4v) is 2.48. The molecule has 0 aromatic rings. The molecule has 0 heterocycles. The van der Waals surface area contributed by atoms with Gasteiger partial charge in [0.05, 0.1) is 6.61 Å². The van der Waals surface area contributed by atoms with Crippen molar-refractivity contribution in [3.8, 4) is 0 Å². The van der Waals surface area contributed by atoms with Gasteiger partial charge in [-0.05, 0) is 44.9 Å². The van der Waals surface area contributed by atoms with Gasteiger partial charge >= 0.3 is 17.8 Å². The van der Waals surface area contributed by atoms with E-state index in [0.29, 0.717) is 19.5 Å². The third-order valence-electron chi connectivity index (χ3n) is 4.13. The Morgan fingerprint density at radius 3 is 2.00 bits per heavy atom. The molecule has 0 aliphatic rings. The van der Waals surface area contributed by atoms with Gasteiger partial charge in [0.2, 0.25) is 0 Å². The number of carbonyl (C=O) groups excluding carboxylic acids is 3. The Labute approximate surface area is 169 Å². The lowest BCUT2D eigenvalue weighted by Crippen LogP contribution is -2.40. The number of unbranched alkanes of at least 4 members (excludes halogenated alkanes) is 7. The van der Waals surface area contributed by atoms with Crippen molar-refractivity contribution in [1.29, 1.82) is 0 Å². The summed E-state index contributed by atoms with van der Waals surface area (Å²) in [5, 5.41) is 13.8. The number of nitrogens with one attached hydrogen (secondary N) is 2. The zero-order chi connectivity index (χ0) is 20.9. The minimum absolute atomic E-state index is 0.0877. The van der Waals surface area contributed by atoms with Crippen molar-refractivity contribution in [2.75, 3.05) is 26.3 Å². The largest absolute Gasteiger partial charge is 0.463 e. The van der Waals surface area contributed by atoms with Crippen molar-refractivity contribution >= 4 is 17.8 Å². The van der Waals surface area contributed by atoms with E-state index in [0.717, 1.165) is 64.2 Å². The highest BCUT2D eigenvalue weighted by Crippen LogP contribution is 2.07. The van der Waals surface area contributed by atoms with Crippen molar-refractivity contribution in [2.24, 2.45) is 0 Å². The number of rotatable bonds is 17. The minimum Gasteiger partial charge on any atom is -0.463 e. The number of aliphatic hydroxyl groups is 1. The van der Waals surface area contributed by atoms with Gasteiger partial charge in [0.25, 0.3) is 0 Å². The first-order valence-electron chi connectivity index (χ1n) is 10.6. The normalized spacial score (nSPS) is 10.8. The maximum absolute atomic E-state index is 11.5. The first kappa shape index (κ1) is 26.1. The van der Waals surface area contributed by atoms with E-state index >= 15 is 0 Å². The smallest absolute Gasteiger partial charge is 0.309 e. The Hall–Kier alpha value is -1.89. The standard InChI is InChI=1S/C21H38N2O5/c1-2-3-15-22-20(26)21(27)23-16-13-11-9-7-5-4-6-8-10-12-14-19(25)28-18-17-24/h5,7,24H,2-4,6,8-18H2,1H3,(H,22,26)(H,23,27)/b7-5-. The lowest BCUT2D eigenvalue weighted by Gasteiger charge is -2.05. The fourth-order valence-electron chi connectivity index (χ4n) is 2.48. The van der Waals surface area contributed by atoms with Crippen LogP contribution >= 0.6 is 0 Å². The van der Waals surface area contributed by atoms with Crippen LogP contribution in [0, 0.1) is 0 Å². The lowest BCUT2D eigenvalue weighted by atomic mass is 10.1. The number of hydrogen-bond acceptors (Lipinski definition) is 5. The van der Waals surface area contributed by atoms with E-state index in [1.807, 2.05) is 6.92 Å². The molecule has 0 bridgehead atoms. The summed E-state index contributed by atoms with van der Waals surface area (Å²) in [5.41, 5.74) is 0. The van der Waals surface area contributed by atoms with E-state index in [4.69, 9.17) is 9.84 Å². The SMILES string of the molecule is CCCCNC(=O)C(=O)NCCCC/C=C\CCCCCCC(=O)OCCO. The zero-order valence-corrected chi connectivity index (χ0v) is 17.3. The Bertz CT molecular complexity index is 452. The van der Waals surface area contributed by atoms with Gasteiger partial charge in [-0.25, -0.2) is 0 Å². The van der Waals surface area contributed by atoms with Crippen molar-refractivity contribution in [1.82, 2.24) is 10.6 Å². The topological polar surface area (TPSA) is 105 Å². The Morgan fingerprint density at radius 2 is 1.39 bits per heavy atom. The number of esters is 1. The average molecular weight is 399 g/mol. The van der Waals surface area contributed by atoms with Gasteiger partial charge < -0.3 is 20.5 Å². The average Bonchev–Trinajstić information content (AvgIpc) is 2.69. The quantitative estimate of drug-likeness (QED) is 0.151. The second-order valence-corrected chi connectivity index (χ2v) is 6.73. The van der Waals surface area contributed by atoms with Crippen LogP contribution in [0.25, 0.3) is 0 Å². The van der Waals surface area contributed by atoms with Gasteiger partial charge in [-0.2, -0.15) is 0 Å². The summed E-state index contributed by atoms with van der Waals surface area (Å²) in [4.78, 5) is 34.2. The molecule has 3 N–H and O–H groups in total. The highest BCUT2D eigenvalue weighted by Gasteiger charge is 2.10. The Kier molecular flexibility index (Phi) is 18.5. The first-order valence-corrected chi connectivity index (χ1v) is 10.6. The van der Waals surface area contributed by atoms with Crippen LogP contribution in [0.4, 0.5) is 0 Å². The molecular formula is C21H38N2O5. The van der Waals surface area contributed by atoms with Crippen molar-refractivity contribution in [3.05, 3.63) is 12.2 Å². The molecule has 0 saturated carbocycles. The number of aliphatic hydroxyl groups excluding tert-OH is 1. The molecule has 0 atom stereocenters. The molecule has 0 rings (SSSR count). The highest BCUT2D eigenvalue weighted by molar-refractivity contribution is 6.35. The van der Waals surface area contributed by atoms with Crippen molar-refractivity contribution < 1.29 is 24.2 Å². The van der Waals surface area contributed by atoms with Gasteiger partial charge in [-0.15, -0.1) is 0 Å². The van der Waals surface area contributed by atoms with Crippen LogP contribution in [-0.2, 0) is 19.1 Å². The molecular weight excluding hydrogens is 360 g/mol. The van der Waals surface area contributed by atoms with Gasteiger partial charge in [0.15, 0.2) is 0 Å². The summed E-state index contributed by atoms with van der Waals surface area (Å²) in [6, 6.07) is 0. The number of amides is 2. The summed E-state index contributed by atoms with van der Waals surface area (Å²) in [7, 11) is 0. The van der Waals surface area contributed by atoms with E-state index < -0.39 is 11.8 Å². The molecule has 0 fully saturated rings. The fraction of sp³-hybridized carbons (Fsp3) is 0.762. The molecule has 0 aromatic carbocycles. The minimum atomic E-state index is -0.548.